The normalized spacial score (nSPS) is 21.6. The fraction of sp³-hybridized carbons (Fsp3) is 0.625. The standard InChI is InChI=1S/C16H23BrO2/c1-4-5-12(3)16(17)13-6-7-14-15(8-13)19-10-11(2)9-18-14/h6-8,11-12,16H,4-5,9-10H2,1-3H3. The lowest BCUT2D eigenvalue weighted by Crippen LogP contribution is -2.12. The summed E-state index contributed by atoms with van der Waals surface area (Å²) in [6.07, 6.45) is 2.44. The molecular weight excluding hydrogens is 304 g/mol. The Morgan fingerprint density at radius 3 is 2.63 bits per heavy atom. The molecule has 0 saturated carbocycles. The molecule has 0 spiro atoms. The molecule has 0 aromatic heterocycles. The number of halogens is 1. The summed E-state index contributed by atoms with van der Waals surface area (Å²) in [5.41, 5.74) is 1.28. The summed E-state index contributed by atoms with van der Waals surface area (Å²) in [7, 11) is 0. The molecular formula is C16H23BrO2. The monoisotopic (exact) mass is 326 g/mol. The van der Waals surface area contributed by atoms with Crippen LogP contribution in [0.2, 0.25) is 0 Å². The van der Waals surface area contributed by atoms with E-state index in [1.165, 1.54) is 18.4 Å². The summed E-state index contributed by atoms with van der Waals surface area (Å²) in [5, 5.41) is 0. The van der Waals surface area contributed by atoms with Crippen molar-refractivity contribution in [3.05, 3.63) is 23.8 Å². The average Bonchev–Trinajstić information content (AvgIpc) is 2.60. The van der Waals surface area contributed by atoms with E-state index in [4.69, 9.17) is 9.47 Å². The van der Waals surface area contributed by atoms with Crippen molar-refractivity contribution in [1.82, 2.24) is 0 Å². The molecule has 0 amide bonds. The van der Waals surface area contributed by atoms with E-state index in [-0.39, 0.29) is 0 Å². The maximum Gasteiger partial charge on any atom is 0.161 e. The molecule has 3 atom stereocenters. The summed E-state index contributed by atoms with van der Waals surface area (Å²) in [6.45, 7) is 8.12. The van der Waals surface area contributed by atoms with E-state index in [0.717, 1.165) is 24.7 Å². The van der Waals surface area contributed by atoms with Gasteiger partial charge in [-0.25, -0.2) is 0 Å². The van der Waals surface area contributed by atoms with Gasteiger partial charge in [-0.3, -0.25) is 0 Å². The summed E-state index contributed by atoms with van der Waals surface area (Å²) < 4.78 is 11.6. The van der Waals surface area contributed by atoms with Crippen molar-refractivity contribution in [2.24, 2.45) is 11.8 Å². The molecule has 2 nitrogen and oxygen atoms in total. The fourth-order valence-electron chi connectivity index (χ4n) is 2.37. The maximum atomic E-state index is 5.85. The largest absolute Gasteiger partial charge is 0.489 e. The molecule has 0 bridgehead atoms. The zero-order chi connectivity index (χ0) is 13.8. The Morgan fingerprint density at radius 2 is 1.95 bits per heavy atom. The Bertz CT molecular complexity index is 419. The highest BCUT2D eigenvalue weighted by atomic mass is 79.9. The molecule has 2 rings (SSSR count). The number of rotatable bonds is 4. The van der Waals surface area contributed by atoms with Crippen LogP contribution in [0.25, 0.3) is 0 Å². The van der Waals surface area contributed by atoms with Gasteiger partial charge in [0, 0.05) is 10.7 Å². The van der Waals surface area contributed by atoms with Gasteiger partial charge in [0.1, 0.15) is 0 Å². The first-order valence-electron chi connectivity index (χ1n) is 7.15. The second kappa shape index (κ2) is 6.65. The zero-order valence-corrected chi connectivity index (χ0v) is 13.6. The Labute approximate surface area is 124 Å². The number of hydrogen-bond donors (Lipinski definition) is 0. The minimum Gasteiger partial charge on any atom is -0.489 e. The number of benzene rings is 1. The van der Waals surface area contributed by atoms with E-state index in [1.807, 2.05) is 6.07 Å². The van der Waals surface area contributed by atoms with Crippen molar-refractivity contribution < 1.29 is 9.47 Å². The molecule has 106 valence electrons. The van der Waals surface area contributed by atoms with E-state index in [0.29, 0.717) is 16.7 Å². The van der Waals surface area contributed by atoms with Crippen molar-refractivity contribution in [1.29, 1.82) is 0 Å². The van der Waals surface area contributed by atoms with Gasteiger partial charge in [0.2, 0.25) is 0 Å². The minimum absolute atomic E-state index is 0.377. The molecule has 3 unspecified atom stereocenters. The fourth-order valence-corrected chi connectivity index (χ4v) is 2.92. The number of ether oxygens (including phenoxy) is 2. The summed E-state index contributed by atoms with van der Waals surface area (Å²) in [5.74, 6) is 2.81. The van der Waals surface area contributed by atoms with Gasteiger partial charge in [-0.05, 0) is 30.0 Å². The van der Waals surface area contributed by atoms with Crippen LogP contribution in [0.1, 0.15) is 44.0 Å². The van der Waals surface area contributed by atoms with Crippen LogP contribution in [0, 0.1) is 11.8 Å². The van der Waals surface area contributed by atoms with E-state index < -0.39 is 0 Å². The van der Waals surface area contributed by atoms with Gasteiger partial charge in [-0.1, -0.05) is 49.2 Å². The van der Waals surface area contributed by atoms with Crippen LogP contribution in [-0.2, 0) is 0 Å². The molecule has 1 aromatic carbocycles. The smallest absolute Gasteiger partial charge is 0.161 e. The first-order valence-corrected chi connectivity index (χ1v) is 8.07. The van der Waals surface area contributed by atoms with E-state index in [1.54, 1.807) is 0 Å². The zero-order valence-electron chi connectivity index (χ0n) is 12.0. The van der Waals surface area contributed by atoms with E-state index in [2.05, 4.69) is 48.8 Å². The van der Waals surface area contributed by atoms with Gasteiger partial charge in [0.15, 0.2) is 11.5 Å². The van der Waals surface area contributed by atoms with Gasteiger partial charge in [-0.2, -0.15) is 0 Å². The molecule has 1 heterocycles. The van der Waals surface area contributed by atoms with Crippen molar-refractivity contribution in [3.8, 4) is 11.5 Å². The van der Waals surface area contributed by atoms with Gasteiger partial charge in [0.25, 0.3) is 0 Å². The Balaban J connectivity index is 2.16. The highest BCUT2D eigenvalue weighted by Gasteiger charge is 2.20. The Hall–Kier alpha value is -0.700. The topological polar surface area (TPSA) is 18.5 Å². The molecule has 1 aromatic rings. The van der Waals surface area contributed by atoms with Gasteiger partial charge in [-0.15, -0.1) is 0 Å². The highest BCUT2D eigenvalue weighted by Crippen LogP contribution is 2.39. The lowest BCUT2D eigenvalue weighted by atomic mass is 9.96. The SMILES string of the molecule is CCCC(C)C(Br)c1ccc2c(c1)OCC(C)CO2. The third kappa shape index (κ3) is 3.65. The first-order chi connectivity index (χ1) is 9.11. The van der Waals surface area contributed by atoms with Crippen LogP contribution in [0.5, 0.6) is 11.5 Å². The van der Waals surface area contributed by atoms with Crippen molar-refractivity contribution in [2.45, 2.75) is 38.4 Å². The molecule has 19 heavy (non-hydrogen) atoms. The number of fused-ring (bicyclic) bond motifs is 1. The third-order valence-electron chi connectivity index (χ3n) is 3.58. The molecule has 0 aliphatic carbocycles. The summed E-state index contributed by atoms with van der Waals surface area (Å²) in [6, 6.07) is 6.30. The first kappa shape index (κ1) is 14.7. The lowest BCUT2D eigenvalue weighted by Gasteiger charge is -2.19. The molecule has 0 radical (unpaired) electrons. The predicted octanol–water partition coefficient (Wildman–Crippen LogP) is 4.97. The second-order valence-corrected chi connectivity index (χ2v) is 6.59. The van der Waals surface area contributed by atoms with Crippen LogP contribution in [-0.4, -0.2) is 13.2 Å². The van der Waals surface area contributed by atoms with Crippen molar-refractivity contribution in [2.75, 3.05) is 13.2 Å². The van der Waals surface area contributed by atoms with Crippen molar-refractivity contribution >= 4 is 15.9 Å². The lowest BCUT2D eigenvalue weighted by molar-refractivity contribution is 0.228. The second-order valence-electron chi connectivity index (χ2n) is 5.60. The van der Waals surface area contributed by atoms with Crippen LogP contribution in [0.4, 0.5) is 0 Å². The Morgan fingerprint density at radius 1 is 1.26 bits per heavy atom. The van der Waals surface area contributed by atoms with Crippen LogP contribution in [0.3, 0.4) is 0 Å². The molecule has 1 aliphatic rings. The molecule has 3 heteroatoms. The number of hydrogen-bond acceptors (Lipinski definition) is 2. The highest BCUT2D eigenvalue weighted by molar-refractivity contribution is 9.09. The van der Waals surface area contributed by atoms with Gasteiger partial charge >= 0.3 is 0 Å². The van der Waals surface area contributed by atoms with Crippen LogP contribution >= 0.6 is 15.9 Å². The Kier molecular flexibility index (Phi) is 5.14. The molecule has 0 saturated heterocycles. The van der Waals surface area contributed by atoms with E-state index >= 15 is 0 Å². The van der Waals surface area contributed by atoms with Gasteiger partial charge < -0.3 is 9.47 Å². The quantitative estimate of drug-likeness (QED) is 0.727. The third-order valence-corrected chi connectivity index (χ3v) is 5.01. The van der Waals surface area contributed by atoms with E-state index in [9.17, 15) is 0 Å². The average molecular weight is 327 g/mol. The van der Waals surface area contributed by atoms with Crippen LogP contribution < -0.4 is 9.47 Å². The predicted molar refractivity (Wildman–Crippen MR) is 82.3 cm³/mol. The van der Waals surface area contributed by atoms with Crippen molar-refractivity contribution in [3.63, 3.8) is 0 Å². The maximum absolute atomic E-state index is 5.85. The molecule has 0 fully saturated rings. The summed E-state index contributed by atoms with van der Waals surface area (Å²) in [4.78, 5) is 0.377. The number of alkyl halides is 1. The summed E-state index contributed by atoms with van der Waals surface area (Å²) >= 11 is 3.82. The minimum atomic E-state index is 0.377. The van der Waals surface area contributed by atoms with Gasteiger partial charge in [0.05, 0.1) is 13.2 Å². The molecule has 1 aliphatic heterocycles. The molecule has 0 N–H and O–H groups in total. The van der Waals surface area contributed by atoms with Crippen LogP contribution in [0.15, 0.2) is 18.2 Å².